The van der Waals surface area contributed by atoms with Gasteiger partial charge in [-0.15, -0.1) is 0 Å². The number of carbonyl (C=O) groups is 3. The lowest BCUT2D eigenvalue weighted by Gasteiger charge is -2.20. The Bertz CT molecular complexity index is 623. The Morgan fingerprint density at radius 2 is 2.17 bits per heavy atom. The van der Waals surface area contributed by atoms with Gasteiger partial charge in [-0.3, -0.25) is 14.3 Å². The van der Waals surface area contributed by atoms with Crippen molar-refractivity contribution < 1.29 is 19.1 Å². The number of likely N-dealkylation sites (tertiary alicyclic amines) is 1. The minimum Gasteiger partial charge on any atom is -0.462 e. The maximum atomic E-state index is 12.4. The van der Waals surface area contributed by atoms with Gasteiger partial charge in [0.05, 0.1) is 18.7 Å². The van der Waals surface area contributed by atoms with E-state index in [1.54, 1.807) is 18.9 Å². The molecule has 2 rings (SSSR count). The summed E-state index contributed by atoms with van der Waals surface area (Å²) in [6, 6.07) is 0.0621. The zero-order valence-electron chi connectivity index (χ0n) is 13.8. The number of nitrogens with one attached hydrogen (secondary N) is 1. The Labute approximate surface area is 134 Å². The number of aryl methyl sites for hydroxylation is 1. The summed E-state index contributed by atoms with van der Waals surface area (Å²) in [6.07, 6.45) is 1.53. The minimum atomic E-state index is -0.540. The van der Waals surface area contributed by atoms with Gasteiger partial charge in [-0.05, 0) is 20.8 Å². The fourth-order valence-corrected chi connectivity index (χ4v) is 2.57. The van der Waals surface area contributed by atoms with Gasteiger partial charge in [0.1, 0.15) is 11.4 Å². The first-order valence-corrected chi connectivity index (χ1v) is 7.64. The number of ether oxygens (including phenoxy) is 1. The van der Waals surface area contributed by atoms with E-state index >= 15 is 0 Å². The summed E-state index contributed by atoms with van der Waals surface area (Å²) in [4.78, 5) is 37.9. The van der Waals surface area contributed by atoms with Crippen LogP contribution in [0.3, 0.4) is 0 Å². The van der Waals surface area contributed by atoms with Crippen molar-refractivity contribution in [3.05, 3.63) is 11.8 Å². The molecule has 0 aliphatic carbocycles. The summed E-state index contributed by atoms with van der Waals surface area (Å²) in [5.74, 6) is -1.02. The Hall–Kier alpha value is -2.38. The van der Waals surface area contributed by atoms with Gasteiger partial charge in [0, 0.05) is 26.1 Å². The van der Waals surface area contributed by atoms with Crippen LogP contribution < -0.4 is 5.32 Å². The van der Waals surface area contributed by atoms with Gasteiger partial charge in [-0.1, -0.05) is 0 Å². The quantitative estimate of drug-likeness (QED) is 0.809. The highest BCUT2D eigenvalue weighted by Crippen LogP contribution is 2.23. The molecule has 2 heterocycles. The fraction of sp³-hybridized carbons (Fsp3) is 0.600. The molecule has 0 bridgehead atoms. The van der Waals surface area contributed by atoms with Gasteiger partial charge < -0.3 is 15.0 Å². The molecule has 23 heavy (non-hydrogen) atoms. The minimum absolute atomic E-state index is 0.0317. The molecule has 1 N–H and O–H groups in total. The van der Waals surface area contributed by atoms with Crippen LogP contribution in [0, 0.1) is 5.92 Å². The first-order chi connectivity index (χ1) is 10.8. The average Bonchev–Trinajstić information content (AvgIpc) is 3.03. The molecule has 8 heteroatoms. The number of esters is 1. The lowest BCUT2D eigenvalue weighted by Crippen LogP contribution is -2.33. The van der Waals surface area contributed by atoms with Crippen molar-refractivity contribution in [1.82, 2.24) is 14.7 Å². The van der Waals surface area contributed by atoms with E-state index in [1.807, 2.05) is 13.8 Å². The van der Waals surface area contributed by atoms with Crippen LogP contribution in [-0.4, -0.2) is 51.7 Å². The summed E-state index contributed by atoms with van der Waals surface area (Å²) in [5.41, 5.74) is 0.202. The van der Waals surface area contributed by atoms with E-state index in [4.69, 9.17) is 4.74 Å². The van der Waals surface area contributed by atoms with Crippen molar-refractivity contribution in [2.45, 2.75) is 33.2 Å². The number of amides is 2. The van der Waals surface area contributed by atoms with Gasteiger partial charge >= 0.3 is 5.97 Å². The van der Waals surface area contributed by atoms with E-state index in [9.17, 15) is 14.4 Å². The molecule has 1 aromatic rings. The highest BCUT2D eigenvalue weighted by molar-refractivity contribution is 6.02. The van der Waals surface area contributed by atoms with Crippen molar-refractivity contribution in [1.29, 1.82) is 0 Å². The summed E-state index contributed by atoms with van der Waals surface area (Å²) in [6.45, 7) is 6.16. The van der Waals surface area contributed by atoms with Crippen LogP contribution in [0.4, 0.5) is 5.82 Å². The van der Waals surface area contributed by atoms with Gasteiger partial charge in [0.25, 0.3) is 0 Å². The molecule has 1 saturated heterocycles. The molecule has 2 amide bonds. The number of hydrogen-bond acceptors (Lipinski definition) is 5. The third-order valence-corrected chi connectivity index (χ3v) is 3.83. The normalized spacial score (nSPS) is 17.7. The van der Waals surface area contributed by atoms with Crippen LogP contribution in [0.2, 0.25) is 0 Å². The molecule has 1 fully saturated rings. The van der Waals surface area contributed by atoms with Gasteiger partial charge in [-0.2, -0.15) is 5.10 Å². The lowest BCUT2D eigenvalue weighted by molar-refractivity contribution is -0.129. The first-order valence-electron chi connectivity index (χ1n) is 7.64. The highest BCUT2D eigenvalue weighted by Gasteiger charge is 2.36. The molecule has 1 atom stereocenters. The maximum Gasteiger partial charge on any atom is 0.343 e. The molecule has 1 unspecified atom stereocenters. The Morgan fingerprint density at radius 1 is 1.48 bits per heavy atom. The summed E-state index contributed by atoms with van der Waals surface area (Å²) >= 11 is 0. The zero-order chi connectivity index (χ0) is 17.1. The van der Waals surface area contributed by atoms with E-state index < -0.39 is 11.9 Å². The predicted molar refractivity (Wildman–Crippen MR) is 82.8 cm³/mol. The van der Waals surface area contributed by atoms with Gasteiger partial charge in [-0.25, -0.2) is 4.79 Å². The van der Waals surface area contributed by atoms with Crippen LogP contribution in [-0.2, 0) is 21.4 Å². The predicted octanol–water partition coefficient (Wildman–Crippen LogP) is 0.792. The smallest absolute Gasteiger partial charge is 0.343 e. The monoisotopic (exact) mass is 322 g/mol. The van der Waals surface area contributed by atoms with Crippen LogP contribution in [0.1, 0.15) is 37.6 Å². The van der Waals surface area contributed by atoms with Crippen LogP contribution in [0.5, 0.6) is 0 Å². The topological polar surface area (TPSA) is 93.5 Å². The summed E-state index contributed by atoms with van der Waals surface area (Å²) in [7, 11) is 1.62. The molecule has 0 radical (unpaired) electrons. The number of nitrogens with zero attached hydrogens (tertiary/aromatic N) is 3. The second-order valence-electron chi connectivity index (χ2n) is 5.78. The molecule has 1 aliphatic rings. The molecule has 0 spiro atoms. The number of aromatic nitrogens is 2. The van der Waals surface area contributed by atoms with Crippen molar-refractivity contribution in [3.63, 3.8) is 0 Å². The van der Waals surface area contributed by atoms with Gasteiger partial charge in [0.15, 0.2) is 0 Å². The largest absolute Gasteiger partial charge is 0.462 e. The zero-order valence-corrected chi connectivity index (χ0v) is 13.8. The van der Waals surface area contributed by atoms with Crippen LogP contribution >= 0.6 is 0 Å². The average molecular weight is 322 g/mol. The van der Waals surface area contributed by atoms with E-state index in [-0.39, 0.29) is 42.3 Å². The van der Waals surface area contributed by atoms with Crippen molar-refractivity contribution >= 4 is 23.6 Å². The maximum absolute atomic E-state index is 12.4. The SMILES string of the molecule is CCOC(=O)c1cnn(C)c1NC(=O)C1CC(=O)N(C(C)C)C1. The van der Waals surface area contributed by atoms with Crippen LogP contribution in [0.15, 0.2) is 6.20 Å². The van der Waals surface area contributed by atoms with E-state index in [1.165, 1.54) is 10.9 Å². The molecule has 0 saturated carbocycles. The second-order valence-corrected chi connectivity index (χ2v) is 5.78. The van der Waals surface area contributed by atoms with E-state index in [2.05, 4.69) is 10.4 Å². The number of anilines is 1. The van der Waals surface area contributed by atoms with Crippen molar-refractivity contribution in [3.8, 4) is 0 Å². The summed E-state index contributed by atoms with van der Waals surface area (Å²) in [5, 5.41) is 6.68. The lowest BCUT2D eigenvalue weighted by atomic mass is 10.1. The summed E-state index contributed by atoms with van der Waals surface area (Å²) < 4.78 is 6.35. The fourth-order valence-electron chi connectivity index (χ4n) is 2.57. The number of rotatable bonds is 5. The molecule has 1 aromatic heterocycles. The standard InChI is InChI=1S/C15H22N4O4/c1-5-23-15(22)11-7-16-18(4)13(11)17-14(21)10-6-12(20)19(8-10)9(2)3/h7,9-10H,5-6,8H2,1-4H3,(H,17,21). The highest BCUT2D eigenvalue weighted by atomic mass is 16.5. The molecular formula is C15H22N4O4. The van der Waals surface area contributed by atoms with E-state index in [0.29, 0.717) is 6.54 Å². The van der Waals surface area contributed by atoms with Crippen LogP contribution in [0.25, 0.3) is 0 Å². The molecule has 1 aliphatic heterocycles. The number of carbonyl (C=O) groups excluding carboxylic acids is 3. The van der Waals surface area contributed by atoms with E-state index in [0.717, 1.165) is 0 Å². The molecule has 8 nitrogen and oxygen atoms in total. The molecule has 0 aromatic carbocycles. The second kappa shape index (κ2) is 6.80. The molecular weight excluding hydrogens is 300 g/mol. The first kappa shape index (κ1) is 17.0. The van der Waals surface area contributed by atoms with Gasteiger partial charge in [0.2, 0.25) is 11.8 Å². The Kier molecular flexibility index (Phi) is 5.02. The van der Waals surface area contributed by atoms with Crippen molar-refractivity contribution in [2.75, 3.05) is 18.5 Å². The Balaban J connectivity index is 2.11. The third kappa shape index (κ3) is 3.52. The number of hydrogen-bond donors (Lipinski definition) is 1. The third-order valence-electron chi connectivity index (χ3n) is 3.83. The molecule has 126 valence electrons. The Morgan fingerprint density at radius 3 is 2.74 bits per heavy atom. The van der Waals surface area contributed by atoms with Crippen molar-refractivity contribution in [2.24, 2.45) is 13.0 Å².